The number of amides is 3. The Bertz CT molecular complexity index is 647. The highest BCUT2D eigenvalue weighted by Gasteiger charge is 2.15. The van der Waals surface area contributed by atoms with Crippen molar-refractivity contribution in [3.05, 3.63) is 54.5 Å². The van der Waals surface area contributed by atoms with Crippen molar-refractivity contribution in [2.75, 3.05) is 12.3 Å². The van der Waals surface area contributed by atoms with E-state index in [1.54, 1.807) is 37.1 Å². The van der Waals surface area contributed by atoms with Gasteiger partial charge in [-0.2, -0.15) is 0 Å². The van der Waals surface area contributed by atoms with Crippen LogP contribution in [-0.4, -0.2) is 30.3 Å². The highest BCUT2D eigenvalue weighted by Crippen LogP contribution is 2.17. The van der Waals surface area contributed by atoms with Gasteiger partial charge in [-0.15, -0.1) is 11.8 Å². The van der Waals surface area contributed by atoms with Gasteiger partial charge in [0, 0.05) is 11.4 Å². The van der Waals surface area contributed by atoms with E-state index in [4.69, 9.17) is 4.42 Å². The van der Waals surface area contributed by atoms with Crippen molar-refractivity contribution in [2.24, 2.45) is 0 Å². The molecule has 0 aliphatic carbocycles. The summed E-state index contributed by atoms with van der Waals surface area (Å²) in [7, 11) is 0. The van der Waals surface area contributed by atoms with Gasteiger partial charge >= 0.3 is 6.03 Å². The van der Waals surface area contributed by atoms with Crippen molar-refractivity contribution >= 4 is 23.7 Å². The number of furan rings is 1. The van der Waals surface area contributed by atoms with E-state index in [0.717, 1.165) is 12.2 Å². The second-order valence-corrected chi connectivity index (χ2v) is 6.60. The van der Waals surface area contributed by atoms with Crippen molar-refractivity contribution in [2.45, 2.75) is 30.8 Å². The first-order chi connectivity index (χ1) is 12.1. The number of hydrogen-bond donors (Lipinski definition) is 3. The van der Waals surface area contributed by atoms with Gasteiger partial charge in [-0.05, 0) is 43.4 Å². The molecule has 3 N–H and O–H groups in total. The van der Waals surface area contributed by atoms with E-state index < -0.39 is 6.04 Å². The fraction of sp³-hybridized carbons (Fsp3) is 0.333. The number of benzene rings is 1. The number of carbonyl (C=O) groups is 2. The minimum Gasteiger partial charge on any atom is -0.467 e. The van der Waals surface area contributed by atoms with Crippen LogP contribution in [0.4, 0.5) is 4.79 Å². The molecule has 0 fully saturated rings. The molecular formula is C18H23N3O3S. The molecule has 0 aliphatic rings. The fourth-order valence-corrected chi connectivity index (χ4v) is 2.91. The van der Waals surface area contributed by atoms with Gasteiger partial charge < -0.3 is 20.4 Å². The molecule has 0 bridgehead atoms. The molecule has 1 heterocycles. The Kier molecular flexibility index (Phi) is 7.91. The SMILES string of the molecule is CC(NC(=O)NCCCSc1ccccc1)C(=O)NCc1ccco1. The Morgan fingerprint density at radius 3 is 2.64 bits per heavy atom. The number of nitrogens with one attached hydrogen (secondary N) is 3. The van der Waals surface area contributed by atoms with Crippen LogP contribution in [0, 0.1) is 0 Å². The summed E-state index contributed by atoms with van der Waals surface area (Å²) >= 11 is 1.75. The predicted octanol–water partition coefficient (Wildman–Crippen LogP) is 2.77. The Hall–Kier alpha value is -2.41. The Morgan fingerprint density at radius 2 is 1.92 bits per heavy atom. The monoisotopic (exact) mass is 361 g/mol. The second-order valence-electron chi connectivity index (χ2n) is 5.43. The van der Waals surface area contributed by atoms with Gasteiger partial charge in [0.05, 0.1) is 12.8 Å². The molecule has 25 heavy (non-hydrogen) atoms. The van der Waals surface area contributed by atoms with Gasteiger partial charge in [0.1, 0.15) is 11.8 Å². The first-order valence-corrected chi connectivity index (χ1v) is 9.16. The van der Waals surface area contributed by atoms with Gasteiger partial charge in [-0.1, -0.05) is 18.2 Å². The zero-order valence-electron chi connectivity index (χ0n) is 14.2. The maximum atomic E-state index is 11.9. The van der Waals surface area contributed by atoms with Crippen LogP contribution in [0.1, 0.15) is 19.1 Å². The lowest BCUT2D eigenvalue weighted by atomic mass is 10.3. The predicted molar refractivity (Wildman–Crippen MR) is 98.3 cm³/mol. The van der Waals surface area contributed by atoms with Gasteiger partial charge in [0.2, 0.25) is 5.91 Å². The van der Waals surface area contributed by atoms with Crippen LogP contribution in [0.3, 0.4) is 0 Å². The summed E-state index contributed by atoms with van der Waals surface area (Å²) < 4.78 is 5.14. The maximum Gasteiger partial charge on any atom is 0.315 e. The number of rotatable bonds is 9. The third kappa shape index (κ3) is 7.34. The summed E-state index contributed by atoms with van der Waals surface area (Å²) in [6.45, 7) is 2.50. The summed E-state index contributed by atoms with van der Waals surface area (Å²) in [5.41, 5.74) is 0. The molecular weight excluding hydrogens is 338 g/mol. The number of hydrogen-bond acceptors (Lipinski definition) is 4. The van der Waals surface area contributed by atoms with Crippen molar-refractivity contribution in [3.63, 3.8) is 0 Å². The molecule has 7 heteroatoms. The summed E-state index contributed by atoms with van der Waals surface area (Å²) in [5.74, 6) is 1.33. The van der Waals surface area contributed by atoms with E-state index in [1.165, 1.54) is 4.90 Å². The van der Waals surface area contributed by atoms with Crippen molar-refractivity contribution < 1.29 is 14.0 Å². The lowest BCUT2D eigenvalue weighted by Crippen LogP contribution is -2.48. The van der Waals surface area contributed by atoms with Gasteiger partial charge in [-0.25, -0.2) is 4.79 Å². The molecule has 2 aromatic rings. The highest BCUT2D eigenvalue weighted by molar-refractivity contribution is 7.99. The van der Waals surface area contributed by atoms with Crippen LogP contribution >= 0.6 is 11.8 Å². The van der Waals surface area contributed by atoms with E-state index in [2.05, 4.69) is 28.1 Å². The zero-order valence-corrected chi connectivity index (χ0v) is 15.0. The molecule has 0 saturated heterocycles. The smallest absolute Gasteiger partial charge is 0.315 e. The van der Waals surface area contributed by atoms with Crippen LogP contribution < -0.4 is 16.0 Å². The van der Waals surface area contributed by atoms with E-state index in [0.29, 0.717) is 18.8 Å². The maximum absolute atomic E-state index is 11.9. The van der Waals surface area contributed by atoms with Crippen molar-refractivity contribution in [1.29, 1.82) is 0 Å². The standard InChI is InChI=1S/C18H23N3O3S/c1-14(17(22)20-13-15-7-5-11-24-15)21-18(23)19-10-6-12-25-16-8-3-2-4-9-16/h2-5,7-9,11,14H,6,10,12-13H2,1H3,(H,20,22)(H2,19,21,23). The van der Waals surface area contributed by atoms with Gasteiger partial charge in [-0.3, -0.25) is 4.79 Å². The lowest BCUT2D eigenvalue weighted by molar-refractivity contribution is -0.122. The van der Waals surface area contributed by atoms with E-state index in [9.17, 15) is 9.59 Å². The molecule has 1 aromatic carbocycles. The molecule has 3 amide bonds. The summed E-state index contributed by atoms with van der Waals surface area (Å²) in [4.78, 5) is 24.9. The zero-order chi connectivity index (χ0) is 17.9. The minimum absolute atomic E-state index is 0.258. The Labute approximate surface area is 151 Å². The average Bonchev–Trinajstić information content (AvgIpc) is 3.13. The number of carbonyl (C=O) groups excluding carboxylic acids is 2. The molecule has 1 atom stereocenters. The van der Waals surface area contributed by atoms with Crippen LogP contribution in [0.2, 0.25) is 0 Å². The fourth-order valence-electron chi connectivity index (χ4n) is 2.03. The molecule has 0 aliphatic heterocycles. The third-order valence-electron chi connectivity index (χ3n) is 3.38. The number of urea groups is 1. The summed E-state index contributed by atoms with van der Waals surface area (Å²) in [6.07, 6.45) is 2.40. The van der Waals surface area contributed by atoms with Crippen molar-refractivity contribution in [3.8, 4) is 0 Å². The van der Waals surface area contributed by atoms with Crippen LogP contribution in [-0.2, 0) is 11.3 Å². The first kappa shape index (κ1) is 18.9. The second kappa shape index (κ2) is 10.5. The molecule has 6 nitrogen and oxygen atoms in total. The molecule has 0 saturated carbocycles. The quantitative estimate of drug-likeness (QED) is 0.474. The van der Waals surface area contributed by atoms with Crippen LogP contribution in [0.15, 0.2) is 58.0 Å². The molecule has 2 rings (SSSR count). The highest BCUT2D eigenvalue weighted by atomic mass is 32.2. The van der Waals surface area contributed by atoms with E-state index >= 15 is 0 Å². The average molecular weight is 361 g/mol. The van der Waals surface area contributed by atoms with Crippen LogP contribution in [0.25, 0.3) is 0 Å². The Balaban J connectivity index is 1.55. The van der Waals surface area contributed by atoms with Gasteiger partial charge in [0.15, 0.2) is 0 Å². The molecule has 1 aromatic heterocycles. The largest absolute Gasteiger partial charge is 0.467 e. The van der Waals surface area contributed by atoms with E-state index in [-0.39, 0.29) is 11.9 Å². The first-order valence-electron chi connectivity index (χ1n) is 8.17. The normalized spacial score (nSPS) is 11.6. The van der Waals surface area contributed by atoms with E-state index in [1.807, 2.05) is 18.2 Å². The summed E-state index contributed by atoms with van der Waals surface area (Å²) in [6, 6.07) is 12.7. The third-order valence-corrected chi connectivity index (χ3v) is 4.47. The molecule has 0 spiro atoms. The molecule has 0 radical (unpaired) electrons. The molecule has 134 valence electrons. The van der Waals surface area contributed by atoms with Crippen molar-refractivity contribution in [1.82, 2.24) is 16.0 Å². The lowest BCUT2D eigenvalue weighted by Gasteiger charge is -2.14. The van der Waals surface area contributed by atoms with Gasteiger partial charge in [0.25, 0.3) is 0 Å². The Morgan fingerprint density at radius 1 is 1.12 bits per heavy atom. The topological polar surface area (TPSA) is 83.4 Å². The molecule has 1 unspecified atom stereocenters. The van der Waals surface area contributed by atoms with Crippen LogP contribution in [0.5, 0.6) is 0 Å². The minimum atomic E-state index is -0.617. The summed E-state index contributed by atoms with van der Waals surface area (Å²) in [5, 5.41) is 8.09. The number of thioether (sulfide) groups is 1.